The fourth-order valence-electron chi connectivity index (χ4n) is 6.31. The van der Waals surface area contributed by atoms with Gasteiger partial charge < -0.3 is 20.3 Å². The van der Waals surface area contributed by atoms with E-state index in [-0.39, 0.29) is 17.8 Å². The number of ether oxygens (including phenoxy) is 1. The van der Waals surface area contributed by atoms with Crippen molar-refractivity contribution in [2.45, 2.75) is 25.8 Å². The summed E-state index contributed by atoms with van der Waals surface area (Å²) in [4.78, 5) is 20.6. The average molecular weight is 569 g/mol. The average Bonchev–Trinajstić information content (AvgIpc) is 3.43. The van der Waals surface area contributed by atoms with Gasteiger partial charge in [0.05, 0.1) is 35.0 Å². The van der Waals surface area contributed by atoms with Crippen LogP contribution in [0.5, 0.6) is 0 Å². The molecule has 8 heteroatoms. The maximum atomic E-state index is 13.7. The van der Waals surface area contributed by atoms with Crippen LogP contribution in [0.4, 0.5) is 10.2 Å². The van der Waals surface area contributed by atoms with Gasteiger partial charge in [0.25, 0.3) is 5.91 Å². The summed E-state index contributed by atoms with van der Waals surface area (Å²) in [6.45, 7) is 7.02. The van der Waals surface area contributed by atoms with Crippen molar-refractivity contribution < 1.29 is 13.9 Å². The summed E-state index contributed by atoms with van der Waals surface area (Å²) in [5, 5.41) is 8.61. The molecular formula is C33H33FN4O2S. The number of pyridine rings is 1. The van der Waals surface area contributed by atoms with Crippen molar-refractivity contribution in [3.63, 3.8) is 0 Å². The smallest absolute Gasteiger partial charge is 0.253 e. The molecule has 0 bridgehead atoms. The second-order valence-electron chi connectivity index (χ2n) is 11.5. The number of amides is 1. The fraction of sp³-hybridized carbons (Fsp3) is 0.333. The molecule has 2 aliphatic heterocycles. The predicted octanol–water partition coefficient (Wildman–Crippen LogP) is 5.95. The Hall–Kier alpha value is -3.59. The molecule has 0 radical (unpaired) electrons. The number of nitrogens with zero attached hydrogens (tertiary/aromatic N) is 2. The largest absolute Gasteiger partial charge is 0.378 e. The number of anilines is 1. The molecule has 0 unspecified atom stereocenters. The second kappa shape index (κ2) is 10.7. The number of hydrogen-bond donors (Lipinski definition) is 2. The molecule has 1 atom stereocenters. The molecule has 2 aromatic carbocycles. The van der Waals surface area contributed by atoms with Crippen LogP contribution in [-0.2, 0) is 4.74 Å². The van der Waals surface area contributed by atoms with Crippen LogP contribution in [0.15, 0.2) is 71.6 Å². The highest BCUT2D eigenvalue weighted by Crippen LogP contribution is 2.51. The molecule has 4 heterocycles. The standard InChI is InChI=1S/C33H33FN4O2S/c1-21(36-32(39)27-16-29(38-11-13-40-14-12-38)37-28-10-15-41-31(27)28)22-2-4-23(5-3-22)30(24-6-8-26(34)9-7-24)25-17-33(18-25)19-35-20-33/h2-10,15-16,21,35H,11-14,17-20H2,1H3,(H,36,39)/t21-/m1/s1. The number of hydrogen-bond acceptors (Lipinski definition) is 6. The summed E-state index contributed by atoms with van der Waals surface area (Å²) in [7, 11) is 0. The number of benzene rings is 2. The number of aromatic nitrogens is 1. The number of thiophene rings is 1. The van der Waals surface area contributed by atoms with Crippen molar-refractivity contribution in [1.82, 2.24) is 15.6 Å². The van der Waals surface area contributed by atoms with Gasteiger partial charge in [-0.3, -0.25) is 4.79 Å². The molecule has 2 aromatic heterocycles. The van der Waals surface area contributed by atoms with E-state index >= 15 is 0 Å². The Bertz CT molecular complexity index is 1610. The summed E-state index contributed by atoms with van der Waals surface area (Å²) in [5.41, 5.74) is 7.75. The molecule has 210 valence electrons. The van der Waals surface area contributed by atoms with Gasteiger partial charge in [0, 0.05) is 31.6 Å². The van der Waals surface area contributed by atoms with Crippen LogP contribution in [0.3, 0.4) is 0 Å². The van der Waals surface area contributed by atoms with Crippen LogP contribution in [-0.4, -0.2) is 50.3 Å². The molecule has 1 saturated carbocycles. The Kier molecular flexibility index (Phi) is 6.85. The summed E-state index contributed by atoms with van der Waals surface area (Å²) in [6.07, 6.45) is 2.16. The number of allylic oxidation sites excluding steroid dienone is 1. The zero-order valence-electron chi connectivity index (χ0n) is 23.1. The summed E-state index contributed by atoms with van der Waals surface area (Å²) < 4.78 is 20.1. The minimum Gasteiger partial charge on any atom is -0.378 e. The van der Waals surface area contributed by atoms with Crippen molar-refractivity contribution in [2.24, 2.45) is 5.41 Å². The highest BCUT2D eigenvalue weighted by molar-refractivity contribution is 7.17. The van der Waals surface area contributed by atoms with E-state index in [9.17, 15) is 9.18 Å². The number of halogens is 1. The van der Waals surface area contributed by atoms with Gasteiger partial charge in [-0.25, -0.2) is 9.37 Å². The van der Waals surface area contributed by atoms with Crippen LogP contribution in [0.2, 0.25) is 0 Å². The Morgan fingerprint density at radius 2 is 1.73 bits per heavy atom. The van der Waals surface area contributed by atoms with E-state index in [1.807, 2.05) is 36.6 Å². The molecule has 41 heavy (non-hydrogen) atoms. The lowest BCUT2D eigenvalue weighted by atomic mass is 9.60. The molecule has 7 rings (SSSR count). The van der Waals surface area contributed by atoms with Gasteiger partial charge in [0.1, 0.15) is 11.6 Å². The van der Waals surface area contributed by atoms with Crippen molar-refractivity contribution in [2.75, 3.05) is 44.3 Å². The van der Waals surface area contributed by atoms with E-state index in [1.54, 1.807) is 11.3 Å². The molecule has 1 spiro atoms. The first-order chi connectivity index (χ1) is 20.0. The highest BCUT2D eigenvalue weighted by atomic mass is 32.1. The summed E-state index contributed by atoms with van der Waals surface area (Å²) >= 11 is 1.54. The van der Waals surface area contributed by atoms with Crippen molar-refractivity contribution in [3.8, 4) is 0 Å². The Morgan fingerprint density at radius 1 is 1.05 bits per heavy atom. The van der Waals surface area contributed by atoms with Crippen LogP contribution >= 0.6 is 11.3 Å². The number of nitrogens with one attached hydrogen (secondary N) is 2. The first-order valence-electron chi connectivity index (χ1n) is 14.3. The molecule has 6 nitrogen and oxygen atoms in total. The maximum Gasteiger partial charge on any atom is 0.253 e. The van der Waals surface area contributed by atoms with Gasteiger partial charge in [-0.05, 0) is 71.7 Å². The lowest BCUT2D eigenvalue weighted by Gasteiger charge is -2.52. The number of carbonyl (C=O) groups is 1. The Morgan fingerprint density at radius 3 is 2.39 bits per heavy atom. The number of morpholine rings is 1. The van der Waals surface area contributed by atoms with Gasteiger partial charge in [0.15, 0.2) is 0 Å². The Labute approximate surface area is 243 Å². The third-order valence-electron chi connectivity index (χ3n) is 8.69. The van der Waals surface area contributed by atoms with Gasteiger partial charge in [-0.1, -0.05) is 42.0 Å². The van der Waals surface area contributed by atoms with Crippen LogP contribution in [0.1, 0.15) is 52.9 Å². The van der Waals surface area contributed by atoms with E-state index in [0.717, 1.165) is 71.7 Å². The predicted molar refractivity (Wildman–Crippen MR) is 162 cm³/mol. The number of fused-ring (bicyclic) bond motifs is 1. The molecule has 3 fully saturated rings. The van der Waals surface area contributed by atoms with Crippen molar-refractivity contribution in [1.29, 1.82) is 0 Å². The lowest BCUT2D eigenvalue weighted by Crippen LogP contribution is -2.58. The number of rotatable bonds is 6. The highest BCUT2D eigenvalue weighted by Gasteiger charge is 2.46. The minimum atomic E-state index is -0.225. The molecule has 4 aromatic rings. The zero-order valence-corrected chi connectivity index (χ0v) is 23.9. The van der Waals surface area contributed by atoms with Crippen molar-refractivity contribution in [3.05, 3.63) is 99.7 Å². The van der Waals surface area contributed by atoms with Crippen molar-refractivity contribution >= 4 is 38.9 Å². The third kappa shape index (κ3) is 5.05. The van der Waals surface area contributed by atoms with Crippen LogP contribution < -0.4 is 15.5 Å². The Balaban J connectivity index is 1.12. The molecule has 1 aliphatic carbocycles. The molecule has 1 amide bonds. The minimum absolute atomic E-state index is 0.103. The molecule has 2 saturated heterocycles. The molecular weight excluding hydrogens is 535 g/mol. The van der Waals surface area contributed by atoms with Gasteiger partial charge in [-0.15, -0.1) is 11.3 Å². The van der Waals surface area contributed by atoms with Crippen LogP contribution in [0.25, 0.3) is 15.8 Å². The second-order valence-corrected chi connectivity index (χ2v) is 12.4. The SMILES string of the molecule is C[C@@H](NC(=O)c1cc(N2CCOCC2)nc2ccsc12)c1ccc(C(=C2CC3(CNC3)C2)c2ccc(F)cc2)cc1. The van der Waals surface area contributed by atoms with Crippen LogP contribution in [0, 0.1) is 11.2 Å². The maximum absolute atomic E-state index is 13.7. The van der Waals surface area contributed by atoms with E-state index in [0.29, 0.717) is 24.2 Å². The molecule has 2 N–H and O–H groups in total. The van der Waals surface area contributed by atoms with E-state index < -0.39 is 0 Å². The molecule has 3 aliphatic rings. The fourth-order valence-corrected chi connectivity index (χ4v) is 7.16. The van der Waals surface area contributed by atoms with Gasteiger partial charge >= 0.3 is 0 Å². The van der Waals surface area contributed by atoms with Gasteiger partial charge in [-0.2, -0.15) is 0 Å². The normalized spacial score (nSPS) is 18.6. The van der Waals surface area contributed by atoms with E-state index in [2.05, 4.69) is 39.8 Å². The summed E-state index contributed by atoms with van der Waals surface area (Å²) in [5.74, 6) is 0.490. The van der Waals surface area contributed by atoms with E-state index in [1.165, 1.54) is 23.3 Å². The topological polar surface area (TPSA) is 66.5 Å². The monoisotopic (exact) mass is 568 g/mol. The quantitative estimate of drug-likeness (QED) is 0.301. The third-order valence-corrected chi connectivity index (χ3v) is 9.62. The van der Waals surface area contributed by atoms with Gasteiger partial charge in [0.2, 0.25) is 0 Å². The number of carbonyl (C=O) groups excluding carboxylic acids is 1. The first kappa shape index (κ1) is 26.3. The summed E-state index contributed by atoms with van der Waals surface area (Å²) in [6, 6.07) is 19.0. The van der Waals surface area contributed by atoms with E-state index in [4.69, 9.17) is 9.72 Å². The lowest BCUT2D eigenvalue weighted by molar-refractivity contribution is 0.0941. The zero-order chi connectivity index (χ0) is 28.0. The first-order valence-corrected chi connectivity index (χ1v) is 15.2.